The maximum atomic E-state index is 13.3. The highest BCUT2D eigenvalue weighted by molar-refractivity contribution is 6.30. The molecule has 0 aliphatic heterocycles. The highest BCUT2D eigenvalue weighted by atomic mass is 35.5. The van der Waals surface area contributed by atoms with Gasteiger partial charge in [-0.05, 0) is 43.3 Å². The van der Waals surface area contributed by atoms with Crippen LogP contribution in [0.4, 0.5) is 29.5 Å². The SMILES string of the molecule is CCN(CC(=O)Nc1cc(-c2ccccc2)nn1-c1ccc(Cl)cc1)C(=O)Nc1ccccc1C(F)(F)F. The van der Waals surface area contributed by atoms with Gasteiger partial charge in [-0.15, -0.1) is 0 Å². The van der Waals surface area contributed by atoms with Crippen molar-refractivity contribution >= 4 is 35.0 Å². The molecule has 0 saturated carbocycles. The van der Waals surface area contributed by atoms with E-state index in [1.54, 1.807) is 37.3 Å². The van der Waals surface area contributed by atoms with Gasteiger partial charge >= 0.3 is 12.2 Å². The van der Waals surface area contributed by atoms with Gasteiger partial charge in [0.25, 0.3) is 0 Å². The number of urea groups is 1. The highest BCUT2D eigenvalue weighted by Gasteiger charge is 2.34. The van der Waals surface area contributed by atoms with Crippen molar-refractivity contribution in [3.63, 3.8) is 0 Å². The van der Waals surface area contributed by atoms with Crippen molar-refractivity contribution in [1.29, 1.82) is 0 Å². The molecule has 0 aliphatic rings. The first-order chi connectivity index (χ1) is 18.2. The minimum absolute atomic E-state index is 0.0825. The summed E-state index contributed by atoms with van der Waals surface area (Å²) in [5.41, 5.74) is 0.699. The molecule has 1 aromatic heterocycles. The number of halogens is 4. The van der Waals surface area contributed by atoms with E-state index in [-0.39, 0.29) is 6.54 Å². The fraction of sp³-hybridized carbons (Fsp3) is 0.148. The largest absolute Gasteiger partial charge is 0.418 e. The number of benzene rings is 3. The number of nitrogens with zero attached hydrogens (tertiary/aromatic N) is 3. The van der Waals surface area contributed by atoms with Crippen LogP contribution >= 0.6 is 11.6 Å². The Balaban J connectivity index is 1.54. The fourth-order valence-corrected chi connectivity index (χ4v) is 3.84. The molecule has 1 heterocycles. The molecule has 0 atom stereocenters. The van der Waals surface area contributed by atoms with Crippen molar-refractivity contribution in [2.24, 2.45) is 0 Å². The van der Waals surface area contributed by atoms with Crippen LogP contribution in [0.2, 0.25) is 5.02 Å². The Bertz CT molecular complexity index is 1420. The number of aromatic nitrogens is 2. The summed E-state index contributed by atoms with van der Waals surface area (Å²) in [5, 5.41) is 10.2. The monoisotopic (exact) mass is 541 g/mol. The molecule has 11 heteroatoms. The predicted molar refractivity (Wildman–Crippen MR) is 140 cm³/mol. The van der Waals surface area contributed by atoms with Crippen LogP contribution in [-0.4, -0.2) is 39.7 Å². The van der Waals surface area contributed by atoms with Gasteiger partial charge in [-0.25, -0.2) is 9.48 Å². The Morgan fingerprint density at radius 3 is 2.26 bits per heavy atom. The molecule has 0 spiro atoms. The fourth-order valence-electron chi connectivity index (χ4n) is 3.72. The summed E-state index contributed by atoms with van der Waals surface area (Å²) < 4.78 is 41.5. The summed E-state index contributed by atoms with van der Waals surface area (Å²) in [4.78, 5) is 26.8. The topological polar surface area (TPSA) is 79.3 Å². The molecule has 196 valence electrons. The maximum absolute atomic E-state index is 13.3. The lowest BCUT2D eigenvalue weighted by atomic mass is 10.1. The second kappa shape index (κ2) is 11.4. The zero-order chi connectivity index (χ0) is 27.3. The van der Waals surface area contributed by atoms with Gasteiger partial charge in [0.15, 0.2) is 0 Å². The van der Waals surface area contributed by atoms with Gasteiger partial charge in [-0.3, -0.25) is 4.79 Å². The summed E-state index contributed by atoms with van der Waals surface area (Å²) in [5.74, 6) is -0.212. The second-order valence-electron chi connectivity index (χ2n) is 8.20. The van der Waals surface area contributed by atoms with Gasteiger partial charge in [0, 0.05) is 23.2 Å². The zero-order valence-corrected chi connectivity index (χ0v) is 20.9. The molecule has 7 nitrogen and oxygen atoms in total. The van der Waals surface area contributed by atoms with Crippen LogP contribution < -0.4 is 10.6 Å². The molecule has 2 N–H and O–H groups in total. The first kappa shape index (κ1) is 26.7. The Kier molecular flexibility index (Phi) is 8.02. The van der Waals surface area contributed by atoms with Crippen LogP contribution in [0.25, 0.3) is 16.9 Å². The molecule has 3 amide bonds. The van der Waals surface area contributed by atoms with Gasteiger partial charge < -0.3 is 15.5 Å². The van der Waals surface area contributed by atoms with Crippen LogP contribution in [0.1, 0.15) is 12.5 Å². The molecule has 0 fully saturated rings. The van der Waals surface area contributed by atoms with E-state index in [1.807, 2.05) is 30.3 Å². The van der Waals surface area contributed by atoms with E-state index >= 15 is 0 Å². The Labute approximate surface area is 221 Å². The molecular formula is C27H23ClF3N5O2. The van der Waals surface area contributed by atoms with Gasteiger partial charge in [-0.1, -0.05) is 54.1 Å². The predicted octanol–water partition coefficient (Wildman–Crippen LogP) is 6.70. The number of anilines is 2. The summed E-state index contributed by atoms with van der Waals surface area (Å²) in [7, 11) is 0. The maximum Gasteiger partial charge on any atom is 0.418 e. The molecular weight excluding hydrogens is 519 g/mol. The van der Waals surface area contributed by atoms with Crippen LogP contribution in [0.15, 0.2) is 84.9 Å². The second-order valence-corrected chi connectivity index (χ2v) is 8.64. The molecule has 0 unspecified atom stereocenters. The minimum Gasteiger partial charge on any atom is -0.315 e. The average Bonchev–Trinajstić information content (AvgIpc) is 3.31. The molecule has 3 aromatic carbocycles. The van der Waals surface area contributed by atoms with Crippen LogP contribution in [-0.2, 0) is 11.0 Å². The Morgan fingerprint density at radius 1 is 0.947 bits per heavy atom. The number of rotatable bonds is 7. The van der Waals surface area contributed by atoms with Crippen LogP contribution in [0.3, 0.4) is 0 Å². The summed E-state index contributed by atoms with van der Waals surface area (Å²) in [6.45, 7) is 1.30. The lowest BCUT2D eigenvalue weighted by molar-refractivity contribution is -0.137. The third-order valence-electron chi connectivity index (χ3n) is 5.60. The van der Waals surface area contributed by atoms with E-state index in [1.165, 1.54) is 16.8 Å². The van der Waals surface area contributed by atoms with Gasteiger partial charge in [0.2, 0.25) is 5.91 Å². The lowest BCUT2D eigenvalue weighted by Crippen LogP contribution is -2.40. The molecule has 0 saturated heterocycles. The van der Waals surface area contributed by atoms with Crippen molar-refractivity contribution in [2.45, 2.75) is 13.1 Å². The molecule has 4 rings (SSSR count). The lowest BCUT2D eigenvalue weighted by Gasteiger charge is -2.22. The third kappa shape index (κ3) is 6.33. The smallest absolute Gasteiger partial charge is 0.315 e. The van der Waals surface area contributed by atoms with Crippen molar-refractivity contribution in [3.8, 4) is 16.9 Å². The standard InChI is InChI=1S/C27H23ClF3N5O2/c1-2-35(26(38)32-22-11-7-6-10-21(22)27(29,30)31)17-25(37)33-24-16-23(18-8-4-3-5-9-18)34-36(24)20-14-12-19(28)13-15-20/h3-16H,2,17H2,1H3,(H,32,38)(H,33,37). The summed E-state index contributed by atoms with van der Waals surface area (Å²) in [6.07, 6.45) is -4.64. The number of likely N-dealkylation sites (N-methyl/N-ethyl adjacent to an activating group) is 1. The highest BCUT2D eigenvalue weighted by Crippen LogP contribution is 2.34. The first-order valence-corrected chi connectivity index (χ1v) is 12.0. The number of para-hydroxylation sites is 1. The minimum atomic E-state index is -4.64. The van der Waals surface area contributed by atoms with Crippen LogP contribution in [0.5, 0.6) is 0 Å². The quantitative estimate of drug-likeness (QED) is 0.273. The van der Waals surface area contributed by atoms with E-state index in [9.17, 15) is 22.8 Å². The average molecular weight is 542 g/mol. The summed E-state index contributed by atoms with van der Waals surface area (Å²) in [6, 6.07) is 21.7. The molecule has 0 radical (unpaired) electrons. The Morgan fingerprint density at radius 2 is 1.61 bits per heavy atom. The van der Waals surface area contributed by atoms with Crippen molar-refractivity contribution in [1.82, 2.24) is 14.7 Å². The number of carbonyl (C=O) groups excluding carboxylic acids is 2. The zero-order valence-electron chi connectivity index (χ0n) is 20.2. The van der Waals surface area contributed by atoms with Crippen molar-refractivity contribution in [2.75, 3.05) is 23.7 Å². The summed E-state index contributed by atoms with van der Waals surface area (Å²) >= 11 is 6.01. The van der Waals surface area contributed by atoms with E-state index in [4.69, 9.17) is 11.6 Å². The first-order valence-electron chi connectivity index (χ1n) is 11.6. The molecule has 4 aromatic rings. The van der Waals surface area contributed by atoms with Crippen LogP contribution in [0, 0.1) is 0 Å². The van der Waals surface area contributed by atoms with Crippen molar-refractivity contribution < 1.29 is 22.8 Å². The number of amides is 3. The molecule has 0 aliphatic carbocycles. The number of nitrogens with one attached hydrogen (secondary N) is 2. The van der Waals surface area contributed by atoms with Gasteiger partial charge in [0.05, 0.1) is 22.6 Å². The number of hydrogen-bond donors (Lipinski definition) is 2. The van der Waals surface area contributed by atoms with Gasteiger partial charge in [0.1, 0.15) is 12.4 Å². The van der Waals surface area contributed by atoms with E-state index in [0.29, 0.717) is 22.2 Å². The van der Waals surface area contributed by atoms with Gasteiger partial charge in [-0.2, -0.15) is 18.3 Å². The third-order valence-corrected chi connectivity index (χ3v) is 5.85. The van der Waals surface area contributed by atoms with E-state index < -0.39 is 35.9 Å². The number of alkyl halides is 3. The van der Waals surface area contributed by atoms with Crippen molar-refractivity contribution in [3.05, 3.63) is 95.5 Å². The molecule has 38 heavy (non-hydrogen) atoms. The normalized spacial score (nSPS) is 11.2. The van der Waals surface area contributed by atoms with E-state index in [0.717, 1.165) is 22.6 Å². The molecule has 0 bridgehead atoms. The van der Waals surface area contributed by atoms with E-state index in [2.05, 4.69) is 15.7 Å². The number of carbonyl (C=O) groups is 2. The number of hydrogen-bond acceptors (Lipinski definition) is 3. The Hall–Kier alpha value is -4.31.